The van der Waals surface area contributed by atoms with Gasteiger partial charge in [-0.3, -0.25) is 10.1 Å². The zero-order valence-corrected chi connectivity index (χ0v) is 15.3. The highest BCUT2D eigenvalue weighted by atomic mass is 32.2. The van der Waals surface area contributed by atoms with Crippen LogP contribution in [-0.4, -0.2) is 29.1 Å². The molecule has 2 heterocycles. The van der Waals surface area contributed by atoms with Crippen molar-refractivity contribution in [3.05, 3.63) is 65.7 Å². The number of sulfonamides is 1. The Morgan fingerprint density at radius 2 is 1.81 bits per heavy atom. The van der Waals surface area contributed by atoms with E-state index >= 15 is 0 Å². The van der Waals surface area contributed by atoms with Crippen LogP contribution in [0.15, 0.2) is 59.5 Å². The number of nitrogens with zero attached hydrogens (tertiary/aromatic N) is 3. The van der Waals surface area contributed by atoms with Crippen LogP contribution in [0.2, 0.25) is 0 Å². The van der Waals surface area contributed by atoms with Gasteiger partial charge in [-0.15, -0.1) is 5.10 Å². The first kappa shape index (κ1) is 17.2. The molecule has 0 spiro atoms. The zero-order valence-electron chi connectivity index (χ0n) is 14.5. The molecule has 1 amide bonds. The Labute approximate surface area is 156 Å². The maximum Gasteiger partial charge on any atom is 0.264 e. The van der Waals surface area contributed by atoms with Crippen LogP contribution in [0.4, 0.5) is 11.9 Å². The number of aromatic nitrogens is 3. The number of nitrogens with one attached hydrogen (secondary N) is 2. The zero-order chi connectivity index (χ0) is 19.0. The number of carbonyl (C=O) groups excluding carboxylic acids is 1. The number of rotatable bonds is 4. The van der Waals surface area contributed by atoms with Gasteiger partial charge in [-0.1, -0.05) is 48.0 Å². The van der Waals surface area contributed by atoms with Gasteiger partial charge in [-0.05, 0) is 24.6 Å². The van der Waals surface area contributed by atoms with E-state index in [0.717, 1.165) is 11.1 Å². The van der Waals surface area contributed by atoms with E-state index in [1.807, 2.05) is 37.3 Å². The maximum atomic E-state index is 12.6. The largest absolute Gasteiger partial charge is 0.295 e. The first-order chi connectivity index (χ1) is 12.9. The Morgan fingerprint density at radius 3 is 2.52 bits per heavy atom. The molecule has 2 aromatic carbocycles. The van der Waals surface area contributed by atoms with Crippen LogP contribution in [-0.2, 0) is 14.8 Å². The van der Waals surface area contributed by atoms with Gasteiger partial charge in [0.05, 0.1) is 17.4 Å². The summed E-state index contributed by atoms with van der Waals surface area (Å²) < 4.78 is 29.0. The van der Waals surface area contributed by atoms with Crippen LogP contribution in [0.5, 0.6) is 0 Å². The third kappa shape index (κ3) is 3.41. The fourth-order valence-corrected chi connectivity index (χ4v) is 3.88. The van der Waals surface area contributed by atoms with E-state index in [0.29, 0.717) is 0 Å². The third-order valence-electron chi connectivity index (χ3n) is 4.30. The van der Waals surface area contributed by atoms with Gasteiger partial charge in [0, 0.05) is 0 Å². The number of carbonyl (C=O) groups is 1. The standard InChI is InChI=1S/C18H17N5O3S/c1-12-7-9-14(10-8-12)27(25,26)22-17-20-18-19-16(24)11-15(23(18)21-17)13-5-3-2-4-6-13/h2-10,15H,11H2,1H3,(H2,19,20,21,22,24)/t15-/m1/s1. The molecule has 0 aliphatic carbocycles. The van der Waals surface area contributed by atoms with Crippen molar-refractivity contribution in [2.24, 2.45) is 0 Å². The van der Waals surface area contributed by atoms with E-state index in [2.05, 4.69) is 20.1 Å². The predicted molar refractivity (Wildman–Crippen MR) is 99.8 cm³/mol. The first-order valence-electron chi connectivity index (χ1n) is 8.33. The molecule has 0 bridgehead atoms. The van der Waals surface area contributed by atoms with E-state index in [1.165, 1.54) is 16.8 Å². The molecule has 1 aliphatic rings. The van der Waals surface area contributed by atoms with Crippen molar-refractivity contribution in [1.82, 2.24) is 14.8 Å². The molecule has 2 N–H and O–H groups in total. The number of anilines is 2. The number of aryl methyl sites for hydroxylation is 1. The molecule has 0 fully saturated rings. The molecular weight excluding hydrogens is 366 g/mol. The van der Waals surface area contributed by atoms with Crippen LogP contribution < -0.4 is 10.0 Å². The van der Waals surface area contributed by atoms with Crippen LogP contribution in [0.3, 0.4) is 0 Å². The second-order valence-electron chi connectivity index (χ2n) is 6.30. The fourth-order valence-electron chi connectivity index (χ4n) is 2.94. The van der Waals surface area contributed by atoms with Gasteiger partial charge in [0.2, 0.25) is 11.9 Å². The smallest absolute Gasteiger partial charge is 0.264 e. The van der Waals surface area contributed by atoms with E-state index in [4.69, 9.17) is 0 Å². The van der Waals surface area contributed by atoms with Crippen molar-refractivity contribution in [1.29, 1.82) is 0 Å². The molecule has 1 atom stereocenters. The normalized spacial score (nSPS) is 16.5. The second kappa shape index (κ2) is 6.51. The van der Waals surface area contributed by atoms with Crippen LogP contribution in [0.25, 0.3) is 0 Å². The van der Waals surface area contributed by atoms with E-state index in [9.17, 15) is 13.2 Å². The summed E-state index contributed by atoms with van der Waals surface area (Å²) in [4.78, 5) is 16.3. The summed E-state index contributed by atoms with van der Waals surface area (Å²) in [5.41, 5.74) is 1.85. The molecule has 3 aromatic rings. The minimum Gasteiger partial charge on any atom is -0.295 e. The summed E-state index contributed by atoms with van der Waals surface area (Å²) in [6, 6.07) is 15.5. The summed E-state index contributed by atoms with van der Waals surface area (Å²) in [5.74, 6) is -0.0767. The number of amides is 1. The van der Waals surface area contributed by atoms with Crippen molar-refractivity contribution >= 4 is 27.8 Å². The lowest BCUT2D eigenvalue weighted by molar-refractivity contribution is -0.117. The summed E-state index contributed by atoms with van der Waals surface area (Å²) in [6.45, 7) is 1.88. The molecule has 0 saturated carbocycles. The van der Waals surface area contributed by atoms with Crippen molar-refractivity contribution in [2.75, 3.05) is 10.0 Å². The molecule has 0 unspecified atom stereocenters. The molecule has 0 saturated heterocycles. The lowest BCUT2D eigenvalue weighted by Gasteiger charge is -2.23. The summed E-state index contributed by atoms with van der Waals surface area (Å²) in [5, 5.41) is 6.90. The molecule has 8 nitrogen and oxygen atoms in total. The molecule has 1 aliphatic heterocycles. The van der Waals surface area contributed by atoms with Crippen molar-refractivity contribution in [3.63, 3.8) is 0 Å². The van der Waals surface area contributed by atoms with Gasteiger partial charge in [-0.2, -0.15) is 4.98 Å². The highest BCUT2D eigenvalue weighted by molar-refractivity contribution is 7.92. The topological polar surface area (TPSA) is 106 Å². The molecule has 1 aromatic heterocycles. The molecule has 27 heavy (non-hydrogen) atoms. The van der Waals surface area contributed by atoms with Crippen molar-refractivity contribution < 1.29 is 13.2 Å². The summed E-state index contributed by atoms with van der Waals surface area (Å²) in [6.07, 6.45) is 0.199. The number of hydrogen-bond acceptors (Lipinski definition) is 5. The number of benzene rings is 2. The van der Waals surface area contributed by atoms with Gasteiger partial charge in [0.1, 0.15) is 0 Å². The van der Waals surface area contributed by atoms with E-state index in [1.54, 1.807) is 12.1 Å². The highest BCUT2D eigenvalue weighted by Gasteiger charge is 2.30. The first-order valence-corrected chi connectivity index (χ1v) is 9.81. The Bertz CT molecular complexity index is 1090. The Kier molecular flexibility index (Phi) is 4.15. The SMILES string of the molecule is Cc1ccc(S(=O)(=O)Nc2nc3n(n2)[C@@H](c2ccccc2)CC(=O)N3)cc1. The van der Waals surface area contributed by atoms with Gasteiger partial charge in [0.15, 0.2) is 0 Å². The molecular formula is C18H17N5O3S. The Balaban J connectivity index is 1.67. The second-order valence-corrected chi connectivity index (χ2v) is 7.98. The van der Waals surface area contributed by atoms with Gasteiger partial charge in [0.25, 0.3) is 16.0 Å². The summed E-state index contributed by atoms with van der Waals surface area (Å²) >= 11 is 0. The van der Waals surface area contributed by atoms with Gasteiger partial charge < -0.3 is 0 Å². The minimum absolute atomic E-state index is 0.0892. The molecule has 0 radical (unpaired) electrons. The van der Waals surface area contributed by atoms with Crippen molar-refractivity contribution in [3.8, 4) is 0 Å². The van der Waals surface area contributed by atoms with Crippen LogP contribution in [0, 0.1) is 6.92 Å². The van der Waals surface area contributed by atoms with Gasteiger partial charge >= 0.3 is 0 Å². The van der Waals surface area contributed by atoms with Crippen molar-refractivity contribution in [2.45, 2.75) is 24.3 Å². The monoisotopic (exact) mass is 383 g/mol. The number of fused-ring (bicyclic) bond motifs is 1. The van der Waals surface area contributed by atoms with E-state index < -0.39 is 10.0 Å². The van der Waals surface area contributed by atoms with Gasteiger partial charge in [-0.25, -0.2) is 17.8 Å². The quantitative estimate of drug-likeness (QED) is 0.719. The third-order valence-corrected chi connectivity index (χ3v) is 5.64. The average molecular weight is 383 g/mol. The lowest BCUT2D eigenvalue weighted by Crippen LogP contribution is -2.29. The van der Waals surface area contributed by atoms with Crippen LogP contribution >= 0.6 is 0 Å². The predicted octanol–water partition coefficient (Wildman–Crippen LogP) is 2.32. The fraction of sp³-hybridized carbons (Fsp3) is 0.167. The highest BCUT2D eigenvalue weighted by Crippen LogP contribution is 2.30. The maximum absolute atomic E-state index is 12.6. The number of hydrogen-bond donors (Lipinski definition) is 2. The summed E-state index contributed by atoms with van der Waals surface area (Å²) in [7, 11) is -3.83. The molecule has 9 heteroatoms. The Morgan fingerprint density at radius 1 is 1.11 bits per heavy atom. The molecule has 4 rings (SSSR count). The lowest BCUT2D eigenvalue weighted by atomic mass is 10.0. The average Bonchev–Trinajstić information content (AvgIpc) is 3.03. The van der Waals surface area contributed by atoms with E-state index in [-0.39, 0.29) is 35.2 Å². The molecule has 138 valence electrons. The minimum atomic E-state index is -3.83. The van der Waals surface area contributed by atoms with Crippen LogP contribution in [0.1, 0.15) is 23.6 Å². The Hall–Kier alpha value is -3.20.